The minimum atomic E-state index is 0.139. The Labute approximate surface area is 76.5 Å². The number of nitrogens with zero attached hydrogens (tertiary/aromatic N) is 2. The van der Waals surface area contributed by atoms with E-state index in [1.807, 2.05) is 24.1 Å². The van der Waals surface area contributed by atoms with Gasteiger partial charge in [-0.05, 0) is 6.26 Å². The molecule has 1 heterocycles. The van der Waals surface area contributed by atoms with Gasteiger partial charge in [-0.15, -0.1) is 0 Å². The van der Waals surface area contributed by atoms with Gasteiger partial charge >= 0.3 is 0 Å². The van der Waals surface area contributed by atoms with E-state index in [0.29, 0.717) is 0 Å². The largest absolute Gasteiger partial charge is 0.337 e. The summed E-state index contributed by atoms with van der Waals surface area (Å²) >= 11 is 1.75. The summed E-state index contributed by atoms with van der Waals surface area (Å²) in [6.07, 6.45) is 5.74. The summed E-state index contributed by atoms with van der Waals surface area (Å²) < 4.78 is 1.97. The van der Waals surface area contributed by atoms with Crippen LogP contribution in [-0.4, -0.2) is 21.6 Å². The smallest absolute Gasteiger partial charge is 0.127 e. The number of imidazole rings is 1. The summed E-state index contributed by atoms with van der Waals surface area (Å²) in [6, 6.07) is 0.139. The first-order valence-corrected chi connectivity index (χ1v) is 5.11. The maximum atomic E-state index is 5.40. The Balaban J connectivity index is 2.72. The summed E-state index contributed by atoms with van der Waals surface area (Å²) in [6.45, 7) is 0. The molecule has 1 unspecified atom stereocenters. The van der Waals surface area contributed by atoms with Crippen molar-refractivity contribution in [3.63, 3.8) is 0 Å². The van der Waals surface area contributed by atoms with Gasteiger partial charge in [-0.1, -0.05) is 0 Å². The zero-order chi connectivity index (χ0) is 8.97. The maximum absolute atomic E-state index is 5.40. The number of aromatic nitrogens is 2. The molecule has 0 amide bonds. The first-order chi connectivity index (χ1) is 5.79. The molecule has 0 aliphatic rings. The lowest BCUT2D eigenvalue weighted by atomic mass is 10.3. The van der Waals surface area contributed by atoms with E-state index < -0.39 is 0 Å². The molecule has 0 aliphatic carbocycles. The number of aryl methyl sites for hydroxylation is 1. The molecule has 0 radical (unpaired) electrons. The highest BCUT2D eigenvalue weighted by atomic mass is 32.2. The Morgan fingerprint density at radius 1 is 1.83 bits per heavy atom. The van der Waals surface area contributed by atoms with Gasteiger partial charge in [0, 0.05) is 25.2 Å². The standard InChI is InChI=1S/C7H14N4S/c1-11-4-3-9-7(11)6(10-8)5-12-2/h3-4,6,10H,5,8H2,1-2H3. The van der Waals surface area contributed by atoms with Crippen LogP contribution in [0.1, 0.15) is 11.9 Å². The molecular formula is C7H14N4S. The SMILES string of the molecule is CSCC(NN)c1nccn1C. The normalized spacial score (nSPS) is 13.2. The van der Waals surface area contributed by atoms with Crippen LogP contribution in [0.15, 0.2) is 12.4 Å². The Kier molecular flexibility index (Phi) is 3.58. The van der Waals surface area contributed by atoms with Gasteiger partial charge in [0.1, 0.15) is 5.82 Å². The minimum absolute atomic E-state index is 0.139. The van der Waals surface area contributed by atoms with E-state index in [4.69, 9.17) is 5.84 Å². The zero-order valence-electron chi connectivity index (χ0n) is 7.32. The predicted octanol–water partition coefficient (Wildman–Crippen LogP) is 0.287. The third kappa shape index (κ3) is 2.00. The fourth-order valence-corrected chi connectivity index (χ4v) is 1.66. The van der Waals surface area contributed by atoms with Crippen molar-refractivity contribution in [1.29, 1.82) is 0 Å². The second-order valence-electron chi connectivity index (χ2n) is 2.57. The lowest BCUT2D eigenvalue weighted by Crippen LogP contribution is -2.31. The average molecular weight is 186 g/mol. The predicted molar refractivity (Wildman–Crippen MR) is 51.7 cm³/mol. The van der Waals surface area contributed by atoms with E-state index in [2.05, 4.69) is 10.4 Å². The highest BCUT2D eigenvalue weighted by molar-refractivity contribution is 7.98. The van der Waals surface area contributed by atoms with Crippen LogP contribution in [0.2, 0.25) is 0 Å². The molecule has 0 saturated carbocycles. The van der Waals surface area contributed by atoms with Crippen LogP contribution in [0.4, 0.5) is 0 Å². The Morgan fingerprint density at radius 2 is 2.58 bits per heavy atom. The molecule has 0 aliphatic heterocycles. The lowest BCUT2D eigenvalue weighted by molar-refractivity contribution is 0.557. The van der Waals surface area contributed by atoms with Gasteiger partial charge in [-0.25, -0.2) is 10.4 Å². The van der Waals surface area contributed by atoms with Gasteiger partial charge in [0.15, 0.2) is 0 Å². The highest BCUT2D eigenvalue weighted by Crippen LogP contribution is 2.12. The van der Waals surface area contributed by atoms with Crippen molar-refractivity contribution in [2.75, 3.05) is 12.0 Å². The van der Waals surface area contributed by atoms with Crippen molar-refractivity contribution in [3.05, 3.63) is 18.2 Å². The quantitative estimate of drug-likeness (QED) is 0.524. The van der Waals surface area contributed by atoms with Crippen molar-refractivity contribution < 1.29 is 0 Å². The van der Waals surface area contributed by atoms with Gasteiger partial charge in [0.2, 0.25) is 0 Å². The number of rotatable bonds is 4. The fourth-order valence-electron chi connectivity index (χ4n) is 1.08. The number of hydrazine groups is 1. The van der Waals surface area contributed by atoms with E-state index in [0.717, 1.165) is 11.6 Å². The van der Waals surface area contributed by atoms with E-state index in [1.54, 1.807) is 18.0 Å². The molecule has 0 fully saturated rings. The number of thioether (sulfide) groups is 1. The molecule has 3 N–H and O–H groups in total. The van der Waals surface area contributed by atoms with Gasteiger partial charge in [-0.2, -0.15) is 11.8 Å². The van der Waals surface area contributed by atoms with Crippen molar-refractivity contribution in [1.82, 2.24) is 15.0 Å². The second-order valence-corrected chi connectivity index (χ2v) is 3.48. The summed E-state index contributed by atoms with van der Waals surface area (Å²) in [7, 11) is 1.97. The molecule has 0 saturated heterocycles. The topological polar surface area (TPSA) is 55.9 Å². The fraction of sp³-hybridized carbons (Fsp3) is 0.571. The number of hydrogen-bond acceptors (Lipinski definition) is 4. The molecule has 1 aromatic heterocycles. The molecule has 0 spiro atoms. The van der Waals surface area contributed by atoms with Crippen LogP contribution in [-0.2, 0) is 7.05 Å². The Morgan fingerprint density at radius 3 is 3.00 bits per heavy atom. The van der Waals surface area contributed by atoms with Crippen LogP contribution < -0.4 is 11.3 Å². The molecule has 5 heteroatoms. The molecule has 68 valence electrons. The van der Waals surface area contributed by atoms with Crippen molar-refractivity contribution in [2.45, 2.75) is 6.04 Å². The average Bonchev–Trinajstić information content (AvgIpc) is 2.47. The van der Waals surface area contributed by atoms with Crippen LogP contribution >= 0.6 is 11.8 Å². The van der Waals surface area contributed by atoms with E-state index >= 15 is 0 Å². The van der Waals surface area contributed by atoms with Gasteiger partial charge in [-0.3, -0.25) is 5.84 Å². The molecular weight excluding hydrogens is 172 g/mol. The second kappa shape index (κ2) is 4.49. The monoisotopic (exact) mass is 186 g/mol. The third-order valence-corrected chi connectivity index (χ3v) is 2.37. The number of nitrogens with one attached hydrogen (secondary N) is 1. The van der Waals surface area contributed by atoms with Crippen LogP contribution in [0.5, 0.6) is 0 Å². The van der Waals surface area contributed by atoms with Gasteiger partial charge in [0.05, 0.1) is 6.04 Å². The van der Waals surface area contributed by atoms with Crippen LogP contribution in [0, 0.1) is 0 Å². The molecule has 1 rings (SSSR count). The lowest BCUT2D eigenvalue weighted by Gasteiger charge is -2.13. The van der Waals surface area contributed by atoms with E-state index in [-0.39, 0.29) is 6.04 Å². The maximum Gasteiger partial charge on any atom is 0.127 e. The van der Waals surface area contributed by atoms with Crippen molar-refractivity contribution >= 4 is 11.8 Å². The first-order valence-electron chi connectivity index (χ1n) is 3.72. The van der Waals surface area contributed by atoms with Crippen molar-refractivity contribution in [2.24, 2.45) is 12.9 Å². The summed E-state index contributed by atoms with van der Waals surface area (Å²) in [5.41, 5.74) is 2.74. The number of nitrogens with two attached hydrogens (primary N) is 1. The summed E-state index contributed by atoms with van der Waals surface area (Å²) in [5, 5.41) is 0. The zero-order valence-corrected chi connectivity index (χ0v) is 8.14. The minimum Gasteiger partial charge on any atom is -0.337 e. The Hall–Kier alpha value is -0.520. The van der Waals surface area contributed by atoms with E-state index in [1.165, 1.54) is 0 Å². The summed E-state index contributed by atoms with van der Waals surface area (Å²) in [4.78, 5) is 4.21. The molecule has 0 bridgehead atoms. The van der Waals surface area contributed by atoms with Crippen molar-refractivity contribution in [3.8, 4) is 0 Å². The molecule has 12 heavy (non-hydrogen) atoms. The number of hydrogen-bond donors (Lipinski definition) is 2. The van der Waals surface area contributed by atoms with Gasteiger partial charge < -0.3 is 4.57 Å². The van der Waals surface area contributed by atoms with Crippen LogP contribution in [0.25, 0.3) is 0 Å². The molecule has 1 atom stereocenters. The van der Waals surface area contributed by atoms with Gasteiger partial charge in [0.25, 0.3) is 0 Å². The molecule has 4 nitrogen and oxygen atoms in total. The highest BCUT2D eigenvalue weighted by Gasteiger charge is 2.12. The summed E-state index contributed by atoms with van der Waals surface area (Å²) in [5.74, 6) is 7.31. The van der Waals surface area contributed by atoms with Crippen LogP contribution in [0.3, 0.4) is 0 Å². The molecule has 1 aromatic rings. The Bertz CT molecular complexity index is 235. The van der Waals surface area contributed by atoms with E-state index in [9.17, 15) is 0 Å². The third-order valence-electron chi connectivity index (χ3n) is 1.70. The first kappa shape index (κ1) is 9.57. The molecule has 0 aromatic carbocycles.